The van der Waals surface area contributed by atoms with Crippen molar-refractivity contribution in [1.29, 1.82) is 0 Å². The van der Waals surface area contributed by atoms with Gasteiger partial charge >= 0.3 is 0 Å². The molecule has 0 aliphatic carbocycles. The van der Waals surface area contributed by atoms with Crippen molar-refractivity contribution in [2.45, 2.75) is 12.8 Å². The largest absolute Gasteiger partial charge is 0.315 e. The molecule has 0 unspecified atom stereocenters. The van der Waals surface area contributed by atoms with Crippen LogP contribution in [-0.4, -0.2) is 13.0 Å². The van der Waals surface area contributed by atoms with Crippen molar-refractivity contribution in [3.05, 3.63) is 90.2 Å². The number of rotatable bonds is 4. The van der Waals surface area contributed by atoms with Crippen LogP contribution in [0.5, 0.6) is 0 Å². The zero-order chi connectivity index (χ0) is 17.8. The van der Waals surface area contributed by atoms with E-state index in [1.54, 1.807) is 24.9 Å². The van der Waals surface area contributed by atoms with Gasteiger partial charge in [-0.25, -0.2) is 4.39 Å². The van der Waals surface area contributed by atoms with Gasteiger partial charge in [0, 0.05) is 18.3 Å². The topological polar surface area (TPSA) is 20.3 Å². The predicted molar refractivity (Wildman–Crippen MR) is 100 cm³/mol. The summed E-state index contributed by atoms with van der Waals surface area (Å²) in [5.74, 6) is -0.812. The molecule has 0 aliphatic heterocycles. The number of amides is 1. The standard InChI is InChI=1S/C22H20FNO/c1-16(22(25)24(2)19-11-7-4-8-12-19)18-13-14-20(21(23)15-18)17-9-5-3-6-10-17/h3-16H,1-2H3/t16-/m1/s1. The van der Waals surface area contributed by atoms with Gasteiger partial charge in [-0.1, -0.05) is 60.7 Å². The number of hydrogen-bond acceptors (Lipinski definition) is 1. The minimum absolute atomic E-state index is 0.0712. The van der Waals surface area contributed by atoms with Crippen LogP contribution in [0.3, 0.4) is 0 Å². The highest BCUT2D eigenvalue weighted by molar-refractivity contribution is 5.97. The highest BCUT2D eigenvalue weighted by Crippen LogP contribution is 2.27. The van der Waals surface area contributed by atoms with Gasteiger partial charge in [0.15, 0.2) is 0 Å². The number of halogens is 1. The number of benzene rings is 3. The molecule has 3 aromatic carbocycles. The molecule has 0 radical (unpaired) electrons. The lowest BCUT2D eigenvalue weighted by molar-refractivity contribution is -0.119. The lowest BCUT2D eigenvalue weighted by Crippen LogP contribution is -2.30. The molecule has 0 bridgehead atoms. The Labute approximate surface area is 147 Å². The molecule has 126 valence electrons. The van der Waals surface area contributed by atoms with Crippen molar-refractivity contribution in [1.82, 2.24) is 0 Å². The summed E-state index contributed by atoms with van der Waals surface area (Å²) in [5.41, 5.74) is 2.86. The van der Waals surface area contributed by atoms with E-state index in [0.29, 0.717) is 11.1 Å². The Hall–Kier alpha value is -2.94. The van der Waals surface area contributed by atoms with E-state index < -0.39 is 5.92 Å². The number of carbonyl (C=O) groups is 1. The Bertz CT molecular complexity index is 862. The van der Waals surface area contributed by atoms with E-state index in [1.807, 2.05) is 66.7 Å². The van der Waals surface area contributed by atoms with Gasteiger partial charge in [-0.15, -0.1) is 0 Å². The predicted octanol–water partition coefficient (Wildman–Crippen LogP) is 5.26. The molecule has 1 amide bonds. The summed E-state index contributed by atoms with van der Waals surface area (Å²) >= 11 is 0. The molecule has 3 aromatic rings. The highest BCUT2D eigenvalue weighted by Gasteiger charge is 2.21. The van der Waals surface area contributed by atoms with E-state index in [9.17, 15) is 9.18 Å². The summed E-state index contributed by atoms with van der Waals surface area (Å²) in [7, 11) is 1.74. The third-order valence-corrected chi connectivity index (χ3v) is 4.42. The third-order valence-electron chi connectivity index (χ3n) is 4.42. The Balaban J connectivity index is 1.84. The maximum absolute atomic E-state index is 14.6. The maximum atomic E-state index is 14.6. The van der Waals surface area contributed by atoms with Crippen molar-refractivity contribution < 1.29 is 9.18 Å². The summed E-state index contributed by atoms with van der Waals surface area (Å²) in [5, 5.41) is 0. The van der Waals surface area contributed by atoms with Gasteiger partial charge in [-0.3, -0.25) is 4.79 Å². The Morgan fingerprint density at radius 1 is 0.920 bits per heavy atom. The van der Waals surface area contributed by atoms with Gasteiger partial charge in [0.2, 0.25) is 5.91 Å². The van der Waals surface area contributed by atoms with Gasteiger partial charge in [0.25, 0.3) is 0 Å². The van der Waals surface area contributed by atoms with Crippen LogP contribution in [0.25, 0.3) is 11.1 Å². The molecule has 1 atom stereocenters. The summed E-state index contributed by atoms with van der Waals surface area (Å²) in [4.78, 5) is 14.3. The molecule has 0 saturated heterocycles. The fraction of sp³-hybridized carbons (Fsp3) is 0.136. The second-order valence-electron chi connectivity index (χ2n) is 6.06. The smallest absolute Gasteiger partial charge is 0.233 e. The Morgan fingerprint density at radius 2 is 1.52 bits per heavy atom. The van der Waals surface area contributed by atoms with Crippen molar-refractivity contribution in [3.8, 4) is 11.1 Å². The molecule has 0 spiro atoms. The molecule has 0 heterocycles. The summed E-state index contributed by atoms with van der Waals surface area (Å²) in [6, 6.07) is 23.9. The number of likely N-dealkylation sites (N-methyl/N-ethyl adjacent to an activating group) is 1. The molecule has 2 nitrogen and oxygen atoms in total. The van der Waals surface area contributed by atoms with Crippen LogP contribution in [0.4, 0.5) is 10.1 Å². The van der Waals surface area contributed by atoms with E-state index in [1.165, 1.54) is 6.07 Å². The van der Waals surface area contributed by atoms with Crippen LogP contribution in [0.15, 0.2) is 78.9 Å². The third kappa shape index (κ3) is 3.61. The summed E-state index contributed by atoms with van der Waals surface area (Å²) in [6.07, 6.45) is 0. The van der Waals surface area contributed by atoms with Gasteiger partial charge in [-0.05, 0) is 36.2 Å². The molecule has 0 fully saturated rings. The van der Waals surface area contributed by atoms with Gasteiger partial charge in [-0.2, -0.15) is 0 Å². The second-order valence-corrected chi connectivity index (χ2v) is 6.06. The van der Waals surface area contributed by atoms with Crippen LogP contribution in [0.1, 0.15) is 18.4 Å². The molecule has 0 N–H and O–H groups in total. The SMILES string of the molecule is C[C@@H](C(=O)N(C)c1ccccc1)c1ccc(-c2ccccc2)c(F)c1. The molecule has 0 saturated carbocycles. The van der Waals surface area contributed by atoms with Crippen LogP contribution in [0, 0.1) is 5.82 Å². The van der Waals surface area contributed by atoms with Crippen molar-refractivity contribution >= 4 is 11.6 Å². The van der Waals surface area contributed by atoms with E-state index in [4.69, 9.17) is 0 Å². The highest BCUT2D eigenvalue weighted by atomic mass is 19.1. The van der Waals surface area contributed by atoms with E-state index in [-0.39, 0.29) is 11.7 Å². The molecular formula is C22H20FNO. The number of carbonyl (C=O) groups excluding carboxylic acids is 1. The summed E-state index contributed by atoms with van der Waals surface area (Å²) < 4.78 is 14.6. The van der Waals surface area contributed by atoms with Crippen molar-refractivity contribution in [2.75, 3.05) is 11.9 Å². The molecular weight excluding hydrogens is 313 g/mol. The second kappa shape index (κ2) is 7.31. The number of anilines is 1. The molecule has 3 heteroatoms. The lowest BCUT2D eigenvalue weighted by atomic mass is 9.96. The zero-order valence-electron chi connectivity index (χ0n) is 14.3. The van der Waals surface area contributed by atoms with Crippen LogP contribution < -0.4 is 4.90 Å². The average Bonchev–Trinajstić information content (AvgIpc) is 2.67. The average molecular weight is 333 g/mol. The fourth-order valence-corrected chi connectivity index (χ4v) is 2.86. The number of nitrogens with zero attached hydrogens (tertiary/aromatic N) is 1. The Kier molecular flexibility index (Phi) is 4.94. The van der Waals surface area contributed by atoms with Gasteiger partial charge < -0.3 is 4.90 Å². The zero-order valence-corrected chi connectivity index (χ0v) is 14.3. The molecule has 3 rings (SSSR count). The van der Waals surface area contributed by atoms with Crippen molar-refractivity contribution in [3.63, 3.8) is 0 Å². The van der Waals surface area contributed by atoms with Crippen LogP contribution in [-0.2, 0) is 4.79 Å². The van der Waals surface area contributed by atoms with Crippen LogP contribution >= 0.6 is 0 Å². The van der Waals surface area contributed by atoms with E-state index in [0.717, 1.165) is 11.3 Å². The lowest BCUT2D eigenvalue weighted by Gasteiger charge is -2.22. The van der Waals surface area contributed by atoms with E-state index >= 15 is 0 Å². The minimum atomic E-state index is -0.426. The minimum Gasteiger partial charge on any atom is -0.315 e. The Morgan fingerprint density at radius 3 is 2.12 bits per heavy atom. The van der Waals surface area contributed by atoms with E-state index in [2.05, 4.69) is 0 Å². The summed E-state index contributed by atoms with van der Waals surface area (Å²) in [6.45, 7) is 1.80. The molecule has 25 heavy (non-hydrogen) atoms. The number of para-hydroxylation sites is 1. The first-order valence-electron chi connectivity index (χ1n) is 8.25. The van der Waals surface area contributed by atoms with Crippen molar-refractivity contribution in [2.24, 2.45) is 0 Å². The first kappa shape index (κ1) is 16.9. The quantitative estimate of drug-likeness (QED) is 0.638. The van der Waals surface area contributed by atoms with Gasteiger partial charge in [0.1, 0.15) is 5.82 Å². The normalized spacial score (nSPS) is 11.8. The fourth-order valence-electron chi connectivity index (χ4n) is 2.86. The maximum Gasteiger partial charge on any atom is 0.233 e. The molecule has 0 aliphatic rings. The monoisotopic (exact) mass is 333 g/mol. The van der Waals surface area contributed by atoms with Gasteiger partial charge in [0.05, 0.1) is 5.92 Å². The number of hydrogen-bond donors (Lipinski definition) is 0. The first-order chi connectivity index (χ1) is 12.1. The van der Waals surface area contributed by atoms with Crippen LogP contribution in [0.2, 0.25) is 0 Å². The molecule has 0 aromatic heterocycles. The first-order valence-corrected chi connectivity index (χ1v) is 8.25.